The fraction of sp³-hybridized carbons (Fsp3) is 0.316. The molecule has 23 heavy (non-hydrogen) atoms. The summed E-state index contributed by atoms with van der Waals surface area (Å²) >= 11 is 7.03. The largest absolute Gasteiger partial charge is 0.336 e. The summed E-state index contributed by atoms with van der Waals surface area (Å²) in [5.41, 5.74) is 2.43. The van der Waals surface area contributed by atoms with E-state index >= 15 is 0 Å². The van der Waals surface area contributed by atoms with E-state index in [1.165, 1.54) is 11.1 Å². The highest BCUT2D eigenvalue weighted by Gasteiger charge is 2.29. The van der Waals surface area contributed by atoms with Crippen LogP contribution in [-0.2, 0) is 11.2 Å². The Morgan fingerprint density at radius 1 is 1.09 bits per heavy atom. The van der Waals surface area contributed by atoms with Gasteiger partial charge in [0.2, 0.25) is 5.91 Å². The highest BCUT2D eigenvalue weighted by atomic mass is 79.9. The van der Waals surface area contributed by atoms with Gasteiger partial charge in [0, 0.05) is 21.9 Å². The lowest BCUT2D eigenvalue weighted by molar-refractivity contribution is -0.132. The van der Waals surface area contributed by atoms with Crippen LogP contribution in [0.5, 0.6) is 0 Å². The zero-order valence-corrected chi connectivity index (χ0v) is 16.0. The molecule has 1 aliphatic heterocycles. The number of aryl methyl sites for hydroxylation is 1. The van der Waals surface area contributed by atoms with Gasteiger partial charge in [-0.05, 0) is 48.6 Å². The van der Waals surface area contributed by atoms with Crippen LogP contribution in [0.4, 0.5) is 0 Å². The van der Waals surface area contributed by atoms with E-state index in [9.17, 15) is 4.79 Å². The predicted octanol–water partition coefficient (Wildman–Crippen LogP) is 5.51. The number of likely N-dealkylation sites (tertiary alicyclic amines) is 1. The molecule has 0 N–H and O–H groups in total. The molecule has 4 heteroatoms. The lowest BCUT2D eigenvalue weighted by Gasteiger charge is -2.25. The van der Waals surface area contributed by atoms with Gasteiger partial charge in [0.25, 0.3) is 0 Å². The first-order valence-electron chi connectivity index (χ1n) is 7.93. The van der Waals surface area contributed by atoms with Crippen LogP contribution in [-0.4, -0.2) is 17.4 Å². The van der Waals surface area contributed by atoms with Crippen LogP contribution in [0.3, 0.4) is 0 Å². The molecule has 2 nitrogen and oxygen atoms in total. The van der Waals surface area contributed by atoms with Crippen molar-refractivity contribution >= 4 is 37.8 Å². The number of nitrogens with zero attached hydrogens (tertiary/aromatic N) is 1. The van der Waals surface area contributed by atoms with Crippen molar-refractivity contribution < 1.29 is 4.79 Å². The van der Waals surface area contributed by atoms with Crippen LogP contribution < -0.4 is 0 Å². The summed E-state index contributed by atoms with van der Waals surface area (Å²) in [6, 6.07) is 16.7. The number of carbonyl (C=O) groups is 1. The molecule has 1 atom stereocenters. The molecule has 1 saturated heterocycles. The minimum Gasteiger partial charge on any atom is -0.336 e. The number of amides is 1. The second kappa shape index (κ2) is 7.63. The lowest BCUT2D eigenvalue weighted by atomic mass is 10.0. The summed E-state index contributed by atoms with van der Waals surface area (Å²) in [6.07, 6.45) is 3.49. The van der Waals surface area contributed by atoms with Crippen LogP contribution in [0, 0.1) is 0 Å². The normalized spacial score (nSPS) is 17.5. The van der Waals surface area contributed by atoms with Crippen molar-refractivity contribution in [3.8, 4) is 0 Å². The first-order valence-corrected chi connectivity index (χ1v) is 9.52. The SMILES string of the molecule is O=C(CCc1ccccc1Br)N1CCCC1c1ccc(Br)cc1. The summed E-state index contributed by atoms with van der Waals surface area (Å²) < 4.78 is 2.16. The Hall–Kier alpha value is -1.13. The molecule has 2 aromatic rings. The predicted molar refractivity (Wildman–Crippen MR) is 100 cm³/mol. The molecular formula is C19H19Br2NO. The third-order valence-corrected chi connectivity index (χ3v) is 5.70. The van der Waals surface area contributed by atoms with Gasteiger partial charge in [-0.2, -0.15) is 0 Å². The van der Waals surface area contributed by atoms with E-state index in [1.54, 1.807) is 0 Å². The molecule has 1 unspecified atom stereocenters. The summed E-state index contributed by atoms with van der Waals surface area (Å²) in [5, 5.41) is 0. The molecule has 0 bridgehead atoms. The summed E-state index contributed by atoms with van der Waals surface area (Å²) in [6.45, 7) is 0.871. The van der Waals surface area contributed by atoms with E-state index in [4.69, 9.17) is 0 Å². The molecular weight excluding hydrogens is 418 g/mol. The van der Waals surface area contributed by atoms with Gasteiger partial charge in [-0.15, -0.1) is 0 Å². The van der Waals surface area contributed by atoms with Gasteiger partial charge in [0.1, 0.15) is 0 Å². The Balaban J connectivity index is 1.66. The van der Waals surface area contributed by atoms with Crippen LogP contribution in [0.1, 0.15) is 36.4 Å². The standard InChI is InChI=1S/C19H19Br2NO/c20-16-10-7-15(8-11-16)18-6-3-13-22(18)19(23)12-9-14-4-1-2-5-17(14)21/h1-2,4-5,7-8,10-11,18H,3,6,9,12-13H2. The Kier molecular flexibility index (Phi) is 5.54. The molecule has 2 aromatic carbocycles. The third kappa shape index (κ3) is 4.04. The molecule has 1 amide bonds. The van der Waals surface area contributed by atoms with Crippen molar-refractivity contribution in [2.45, 2.75) is 31.7 Å². The number of benzene rings is 2. The molecule has 1 fully saturated rings. The molecule has 0 radical (unpaired) electrons. The van der Waals surface area contributed by atoms with Crippen molar-refractivity contribution in [1.29, 1.82) is 0 Å². The molecule has 1 aliphatic rings. The van der Waals surface area contributed by atoms with Gasteiger partial charge in [-0.25, -0.2) is 0 Å². The molecule has 1 heterocycles. The van der Waals surface area contributed by atoms with Gasteiger partial charge in [-0.1, -0.05) is 62.2 Å². The van der Waals surface area contributed by atoms with E-state index in [2.05, 4.69) is 67.1 Å². The van der Waals surface area contributed by atoms with E-state index in [0.717, 1.165) is 34.8 Å². The van der Waals surface area contributed by atoms with Crippen LogP contribution >= 0.6 is 31.9 Å². The fourth-order valence-corrected chi connectivity index (χ4v) is 3.93. The molecule has 0 aromatic heterocycles. The van der Waals surface area contributed by atoms with E-state index in [-0.39, 0.29) is 11.9 Å². The minimum atomic E-state index is 0.231. The average molecular weight is 437 g/mol. The number of hydrogen-bond donors (Lipinski definition) is 0. The topological polar surface area (TPSA) is 20.3 Å². The monoisotopic (exact) mass is 435 g/mol. The molecule has 3 rings (SSSR count). The third-order valence-electron chi connectivity index (χ3n) is 4.39. The highest BCUT2D eigenvalue weighted by Crippen LogP contribution is 2.33. The maximum Gasteiger partial charge on any atom is 0.223 e. The Labute approximate surface area is 154 Å². The zero-order chi connectivity index (χ0) is 16.2. The van der Waals surface area contributed by atoms with Crippen molar-refractivity contribution in [2.75, 3.05) is 6.54 Å². The molecule has 120 valence electrons. The van der Waals surface area contributed by atoms with Crippen molar-refractivity contribution in [1.82, 2.24) is 4.90 Å². The van der Waals surface area contributed by atoms with Gasteiger partial charge in [0.15, 0.2) is 0 Å². The molecule has 0 spiro atoms. The van der Waals surface area contributed by atoms with Gasteiger partial charge in [-0.3, -0.25) is 4.79 Å². The van der Waals surface area contributed by atoms with Gasteiger partial charge in [0.05, 0.1) is 6.04 Å². The van der Waals surface area contributed by atoms with Crippen molar-refractivity contribution in [3.05, 3.63) is 68.6 Å². The summed E-state index contributed by atoms with van der Waals surface area (Å²) in [5.74, 6) is 0.256. The fourth-order valence-electron chi connectivity index (χ4n) is 3.18. The first kappa shape index (κ1) is 16.7. The first-order chi connectivity index (χ1) is 11.1. The number of halogens is 2. The average Bonchev–Trinajstić information content (AvgIpc) is 3.04. The Morgan fingerprint density at radius 3 is 2.57 bits per heavy atom. The summed E-state index contributed by atoms with van der Waals surface area (Å²) in [7, 11) is 0. The van der Waals surface area contributed by atoms with Gasteiger partial charge < -0.3 is 4.90 Å². The lowest BCUT2D eigenvalue weighted by Crippen LogP contribution is -2.30. The summed E-state index contributed by atoms with van der Waals surface area (Å²) in [4.78, 5) is 14.7. The number of hydrogen-bond acceptors (Lipinski definition) is 1. The quantitative estimate of drug-likeness (QED) is 0.618. The molecule has 0 aliphatic carbocycles. The Bertz CT molecular complexity index is 684. The van der Waals surface area contributed by atoms with E-state index < -0.39 is 0 Å². The van der Waals surface area contributed by atoms with Crippen molar-refractivity contribution in [2.24, 2.45) is 0 Å². The number of carbonyl (C=O) groups excluding carboxylic acids is 1. The van der Waals surface area contributed by atoms with Crippen LogP contribution in [0.25, 0.3) is 0 Å². The van der Waals surface area contributed by atoms with E-state index in [0.29, 0.717) is 6.42 Å². The van der Waals surface area contributed by atoms with E-state index in [1.807, 2.05) is 18.2 Å². The highest BCUT2D eigenvalue weighted by molar-refractivity contribution is 9.10. The second-order valence-corrected chi connectivity index (χ2v) is 7.66. The second-order valence-electron chi connectivity index (χ2n) is 5.89. The zero-order valence-electron chi connectivity index (χ0n) is 12.8. The van der Waals surface area contributed by atoms with Crippen LogP contribution in [0.2, 0.25) is 0 Å². The van der Waals surface area contributed by atoms with Crippen LogP contribution in [0.15, 0.2) is 57.5 Å². The molecule has 0 saturated carbocycles. The maximum atomic E-state index is 12.7. The van der Waals surface area contributed by atoms with Gasteiger partial charge >= 0.3 is 0 Å². The number of rotatable bonds is 4. The Morgan fingerprint density at radius 2 is 1.83 bits per heavy atom. The smallest absolute Gasteiger partial charge is 0.223 e. The maximum absolute atomic E-state index is 12.7. The minimum absolute atomic E-state index is 0.231. The van der Waals surface area contributed by atoms with Crippen molar-refractivity contribution in [3.63, 3.8) is 0 Å².